The molecule has 0 saturated heterocycles. The van der Waals surface area contributed by atoms with Crippen molar-refractivity contribution < 1.29 is 9.47 Å². The molecule has 0 bridgehead atoms. The van der Waals surface area contributed by atoms with Crippen molar-refractivity contribution in [2.75, 3.05) is 13.2 Å². The first kappa shape index (κ1) is 10.9. The van der Waals surface area contributed by atoms with Crippen molar-refractivity contribution in [3.05, 3.63) is 0 Å². The molecule has 3 nitrogen and oxygen atoms in total. The van der Waals surface area contributed by atoms with E-state index in [1.807, 2.05) is 20.8 Å². The van der Waals surface area contributed by atoms with Gasteiger partial charge in [-0.15, -0.1) is 0 Å². The van der Waals surface area contributed by atoms with Gasteiger partial charge in [-0.2, -0.15) is 0 Å². The van der Waals surface area contributed by atoms with Crippen LogP contribution in [0.5, 0.6) is 0 Å². The van der Waals surface area contributed by atoms with Gasteiger partial charge in [0.15, 0.2) is 6.29 Å². The summed E-state index contributed by atoms with van der Waals surface area (Å²) in [5.41, 5.74) is 5.59. The molecule has 11 heavy (non-hydrogen) atoms. The minimum absolute atomic E-state index is 0.120. The lowest BCUT2D eigenvalue weighted by molar-refractivity contribution is -0.141. The van der Waals surface area contributed by atoms with Crippen molar-refractivity contribution in [3.63, 3.8) is 0 Å². The molecule has 0 radical (unpaired) electrons. The maximum Gasteiger partial charge on any atom is 0.159 e. The summed E-state index contributed by atoms with van der Waals surface area (Å²) in [5.74, 6) is 0. The van der Waals surface area contributed by atoms with Crippen LogP contribution in [0.4, 0.5) is 0 Å². The van der Waals surface area contributed by atoms with Crippen LogP contribution in [0.1, 0.15) is 27.2 Å². The van der Waals surface area contributed by atoms with Crippen LogP contribution in [0.2, 0.25) is 0 Å². The Kier molecular flexibility index (Phi) is 6.51. The number of nitrogens with two attached hydrogens (primary N) is 1. The van der Waals surface area contributed by atoms with E-state index in [-0.39, 0.29) is 12.3 Å². The van der Waals surface area contributed by atoms with Gasteiger partial charge < -0.3 is 15.2 Å². The fourth-order valence-corrected chi connectivity index (χ4v) is 0.860. The Hall–Kier alpha value is -0.120. The van der Waals surface area contributed by atoms with Crippen LogP contribution in [-0.4, -0.2) is 25.5 Å². The monoisotopic (exact) mass is 161 g/mol. The zero-order valence-electron chi connectivity index (χ0n) is 7.67. The van der Waals surface area contributed by atoms with E-state index in [0.29, 0.717) is 13.2 Å². The van der Waals surface area contributed by atoms with E-state index in [1.54, 1.807) is 0 Å². The molecule has 3 heteroatoms. The van der Waals surface area contributed by atoms with Crippen LogP contribution < -0.4 is 5.73 Å². The molecule has 1 atom stereocenters. The molecule has 0 aromatic heterocycles. The quantitative estimate of drug-likeness (QED) is 0.594. The van der Waals surface area contributed by atoms with Gasteiger partial charge in [0.1, 0.15) is 0 Å². The van der Waals surface area contributed by atoms with Gasteiger partial charge in [-0.1, -0.05) is 0 Å². The highest BCUT2D eigenvalue weighted by Gasteiger charge is 2.09. The molecule has 0 aromatic rings. The van der Waals surface area contributed by atoms with Crippen LogP contribution in [-0.2, 0) is 9.47 Å². The predicted molar refractivity (Wildman–Crippen MR) is 45.3 cm³/mol. The van der Waals surface area contributed by atoms with Gasteiger partial charge in [0.05, 0.1) is 0 Å². The molecule has 0 rings (SSSR count). The number of hydrogen-bond donors (Lipinski definition) is 1. The largest absolute Gasteiger partial charge is 0.353 e. The molecule has 1 unspecified atom stereocenters. The van der Waals surface area contributed by atoms with Crippen LogP contribution >= 0.6 is 0 Å². The summed E-state index contributed by atoms with van der Waals surface area (Å²) in [6, 6.07) is 0.137. The Bertz CT molecular complexity index is 80.2. The van der Waals surface area contributed by atoms with Crippen LogP contribution in [0.3, 0.4) is 0 Å². The highest BCUT2D eigenvalue weighted by molar-refractivity contribution is 4.55. The van der Waals surface area contributed by atoms with E-state index in [2.05, 4.69) is 0 Å². The van der Waals surface area contributed by atoms with Gasteiger partial charge in [-0.3, -0.25) is 0 Å². The SMILES string of the molecule is CCOC(CC(C)N)OCC. The highest BCUT2D eigenvalue weighted by atomic mass is 16.7. The molecule has 0 fully saturated rings. The molecule has 0 spiro atoms. The molecule has 68 valence electrons. The minimum Gasteiger partial charge on any atom is -0.353 e. The molecule has 0 amide bonds. The third-order valence-electron chi connectivity index (χ3n) is 1.27. The van der Waals surface area contributed by atoms with Gasteiger partial charge in [0.2, 0.25) is 0 Å². The summed E-state index contributed by atoms with van der Waals surface area (Å²) in [5, 5.41) is 0. The van der Waals surface area contributed by atoms with Crippen molar-refractivity contribution >= 4 is 0 Å². The Morgan fingerprint density at radius 2 is 1.64 bits per heavy atom. The number of rotatable bonds is 6. The second-order valence-electron chi connectivity index (χ2n) is 2.55. The molecule has 0 aliphatic heterocycles. The molecule has 0 heterocycles. The van der Waals surface area contributed by atoms with Crippen LogP contribution in [0.15, 0.2) is 0 Å². The third-order valence-corrected chi connectivity index (χ3v) is 1.27. The van der Waals surface area contributed by atoms with Gasteiger partial charge in [-0.05, 0) is 20.8 Å². The summed E-state index contributed by atoms with van der Waals surface area (Å²) in [4.78, 5) is 0. The second kappa shape index (κ2) is 6.58. The fourth-order valence-electron chi connectivity index (χ4n) is 0.860. The average molecular weight is 161 g/mol. The molecule has 0 saturated carbocycles. The first-order chi connectivity index (χ1) is 5.20. The smallest absolute Gasteiger partial charge is 0.159 e. The van der Waals surface area contributed by atoms with Crippen molar-refractivity contribution in [2.45, 2.75) is 39.5 Å². The van der Waals surface area contributed by atoms with E-state index in [0.717, 1.165) is 6.42 Å². The first-order valence-electron chi connectivity index (χ1n) is 4.19. The summed E-state index contributed by atoms with van der Waals surface area (Å²) < 4.78 is 10.6. The van der Waals surface area contributed by atoms with E-state index in [9.17, 15) is 0 Å². The zero-order chi connectivity index (χ0) is 8.69. The number of hydrogen-bond acceptors (Lipinski definition) is 3. The maximum atomic E-state index is 5.59. The third kappa shape index (κ3) is 6.28. The number of ether oxygens (including phenoxy) is 2. The van der Waals surface area contributed by atoms with Crippen molar-refractivity contribution in [2.24, 2.45) is 5.73 Å². The average Bonchev–Trinajstić information content (AvgIpc) is 1.87. The van der Waals surface area contributed by atoms with Gasteiger partial charge in [0.25, 0.3) is 0 Å². The van der Waals surface area contributed by atoms with E-state index >= 15 is 0 Å². The summed E-state index contributed by atoms with van der Waals surface area (Å²) in [6.07, 6.45) is 0.645. The van der Waals surface area contributed by atoms with Crippen molar-refractivity contribution in [1.82, 2.24) is 0 Å². The Labute approximate surface area is 68.9 Å². The van der Waals surface area contributed by atoms with E-state index in [4.69, 9.17) is 15.2 Å². The predicted octanol–water partition coefficient (Wildman–Crippen LogP) is 1.12. The lowest BCUT2D eigenvalue weighted by Gasteiger charge is -2.18. The fraction of sp³-hybridized carbons (Fsp3) is 1.00. The normalized spacial score (nSPS) is 13.9. The Balaban J connectivity index is 3.50. The van der Waals surface area contributed by atoms with Crippen LogP contribution in [0, 0.1) is 0 Å². The zero-order valence-corrected chi connectivity index (χ0v) is 7.67. The Morgan fingerprint density at radius 3 is 1.91 bits per heavy atom. The molecule has 0 aliphatic carbocycles. The molecule has 0 aliphatic rings. The summed E-state index contributed by atoms with van der Waals surface area (Å²) >= 11 is 0. The molecule has 0 aromatic carbocycles. The molecule has 2 N–H and O–H groups in total. The topological polar surface area (TPSA) is 44.5 Å². The highest BCUT2D eigenvalue weighted by Crippen LogP contribution is 2.02. The second-order valence-corrected chi connectivity index (χ2v) is 2.55. The van der Waals surface area contributed by atoms with Crippen molar-refractivity contribution in [3.8, 4) is 0 Å². The van der Waals surface area contributed by atoms with Crippen molar-refractivity contribution in [1.29, 1.82) is 0 Å². The molecular formula is C8H19NO2. The van der Waals surface area contributed by atoms with Gasteiger partial charge in [0, 0.05) is 25.7 Å². The van der Waals surface area contributed by atoms with Gasteiger partial charge >= 0.3 is 0 Å². The lowest BCUT2D eigenvalue weighted by atomic mass is 10.2. The molecular weight excluding hydrogens is 142 g/mol. The van der Waals surface area contributed by atoms with Gasteiger partial charge in [-0.25, -0.2) is 0 Å². The Morgan fingerprint density at radius 1 is 1.18 bits per heavy atom. The maximum absolute atomic E-state index is 5.59. The minimum atomic E-state index is -0.120. The van der Waals surface area contributed by atoms with E-state index < -0.39 is 0 Å². The summed E-state index contributed by atoms with van der Waals surface area (Å²) in [6.45, 7) is 7.21. The summed E-state index contributed by atoms with van der Waals surface area (Å²) in [7, 11) is 0. The standard InChI is InChI=1S/C8H19NO2/c1-4-10-8(11-5-2)6-7(3)9/h7-8H,4-6,9H2,1-3H3. The van der Waals surface area contributed by atoms with E-state index in [1.165, 1.54) is 0 Å². The lowest BCUT2D eigenvalue weighted by Crippen LogP contribution is -2.27. The first-order valence-corrected chi connectivity index (χ1v) is 4.19. The van der Waals surface area contributed by atoms with Crippen LogP contribution in [0.25, 0.3) is 0 Å².